The Hall–Kier alpha value is -0.910. The van der Waals surface area contributed by atoms with Crippen LogP contribution in [-0.2, 0) is 27.1 Å². The molecule has 2 N–H and O–H groups in total. The number of benzene rings is 1. The molecule has 0 radical (unpaired) electrons. The Kier molecular flexibility index (Phi) is 12.8. The van der Waals surface area contributed by atoms with Crippen LogP contribution in [0.15, 0.2) is 29.3 Å². The van der Waals surface area contributed by atoms with Gasteiger partial charge in [0.1, 0.15) is 0 Å². The number of ether oxygens (including phenoxy) is 1. The van der Waals surface area contributed by atoms with Gasteiger partial charge in [0, 0.05) is 26.2 Å². The van der Waals surface area contributed by atoms with E-state index in [1.165, 1.54) is 4.31 Å². The Morgan fingerprint density at radius 2 is 1.73 bits per heavy atom. The predicted octanol–water partition coefficient (Wildman–Crippen LogP) is 2.96. The van der Waals surface area contributed by atoms with Gasteiger partial charge in [0.2, 0.25) is 10.0 Å². The summed E-state index contributed by atoms with van der Waals surface area (Å²) in [6, 6.07) is 7.65. The highest BCUT2D eigenvalue weighted by Crippen LogP contribution is 2.17. The Morgan fingerprint density at radius 1 is 1.10 bits per heavy atom. The smallest absolute Gasteiger partial charge is 0.218 e. The molecule has 1 aliphatic heterocycles. The summed E-state index contributed by atoms with van der Waals surface area (Å²) >= 11 is 0. The first-order valence-electron chi connectivity index (χ1n) is 10.6. The standard InChI is InChI=1S/C21H36N4O3S.HI/c1-4-18(5-2)15-23-21(22-6-3)24-16-19-9-7-8-10-20(19)17-29(26,27)25-11-13-28-14-12-25;/h7-10,18H,4-6,11-17H2,1-3H3,(H2,22,23,24);1H. The van der Waals surface area contributed by atoms with Crippen molar-refractivity contribution >= 4 is 40.0 Å². The molecule has 7 nitrogen and oxygen atoms in total. The molecule has 172 valence electrons. The van der Waals surface area contributed by atoms with Gasteiger partial charge in [0.05, 0.1) is 25.5 Å². The van der Waals surface area contributed by atoms with E-state index in [0.717, 1.165) is 43.0 Å². The van der Waals surface area contributed by atoms with Crippen molar-refractivity contribution in [1.82, 2.24) is 14.9 Å². The van der Waals surface area contributed by atoms with Crippen molar-refractivity contribution in [3.05, 3.63) is 35.4 Å². The van der Waals surface area contributed by atoms with Crippen LogP contribution in [0.1, 0.15) is 44.7 Å². The monoisotopic (exact) mass is 552 g/mol. The fourth-order valence-corrected chi connectivity index (χ4v) is 4.85. The summed E-state index contributed by atoms with van der Waals surface area (Å²) in [6.07, 6.45) is 2.26. The first-order chi connectivity index (χ1) is 14.0. The number of rotatable bonds is 10. The summed E-state index contributed by atoms with van der Waals surface area (Å²) in [7, 11) is -3.36. The molecule has 1 fully saturated rings. The maximum absolute atomic E-state index is 12.8. The summed E-state index contributed by atoms with van der Waals surface area (Å²) < 4.78 is 32.4. The zero-order valence-corrected chi connectivity index (χ0v) is 21.5. The van der Waals surface area contributed by atoms with Crippen LogP contribution >= 0.6 is 24.0 Å². The zero-order valence-electron chi connectivity index (χ0n) is 18.4. The molecule has 1 saturated heterocycles. The number of sulfonamides is 1. The van der Waals surface area contributed by atoms with Crippen LogP contribution in [0.5, 0.6) is 0 Å². The van der Waals surface area contributed by atoms with Crippen molar-refractivity contribution in [3.63, 3.8) is 0 Å². The summed E-state index contributed by atoms with van der Waals surface area (Å²) in [4.78, 5) is 4.69. The predicted molar refractivity (Wildman–Crippen MR) is 134 cm³/mol. The van der Waals surface area contributed by atoms with Crippen LogP contribution in [0.3, 0.4) is 0 Å². The molecule has 1 heterocycles. The van der Waals surface area contributed by atoms with Crippen LogP contribution in [0.25, 0.3) is 0 Å². The second kappa shape index (κ2) is 14.2. The third-order valence-electron chi connectivity index (χ3n) is 5.28. The number of nitrogens with one attached hydrogen (secondary N) is 2. The minimum Gasteiger partial charge on any atom is -0.379 e. The molecule has 30 heavy (non-hydrogen) atoms. The maximum atomic E-state index is 12.8. The molecular weight excluding hydrogens is 515 g/mol. The summed E-state index contributed by atoms with van der Waals surface area (Å²) in [5, 5.41) is 6.69. The first kappa shape index (κ1) is 27.1. The lowest BCUT2D eigenvalue weighted by atomic mass is 10.0. The normalized spacial score (nSPS) is 15.7. The highest BCUT2D eigenvalue weighted by Gasteiger charge is 2.25. The van der Waals surface area contributed by atoms with E-state index in [1.807, 2.05) is 31.2 Å². The average molecular weight is 553 g/mol. The van der Waals surface area contributed by atoms with Crippen molar-refractivity contribution in [3.8, 4) is 0 Å². The van der Waals surface area contributed by atoms with Gasteiger partial charge in [-0.25, -0.2) is 13.4 Å². The first-order valence-corrected chi connectivity index (χ1v) is 12.3. The van der Waals surface area contributed by atoms with E-state index in [0.29, 0.717) is 38.8 Å². The summed E-state index contributed by atoms with van der Waals surface area (Å²) in [5.41, 5.74) is 1.74. The number of aliphatic imine (C=N–C) groups is 1. The molecule has 0 saturated carbocycles. The Balaban J connectivity index is 0.00000450. The lowest BCUT2D eigenvalue weighted by molar-refractivity contribution is 0.0729. The molecule has 0 aliphatic carbocycles. The van der Waals surface area contributed by atoms with E-state index in [1.54, 1.807) is 0 Å². The van der Waals surface area contributed by atoms with Crippen molar-refractivity contribution < 1.29 is 13.2 Å². The molecule has 2 rings (SSSR count). The van der Waals surface area contributed by atoms with Crippen molar-refractivity contribution in [2.45, 2.75) is 45.9 Å². The lowest BCUT2D eigenvalue weighted by Crippen LogP contribution is -2.41. The van der Waals surface area contributed by atoms with Gasteiger partial charge in [-0.15, -0.1) is 24.0 Å². The Morgan fingerprint density at radius 3 is 2.33 bits per heavy atom. The number of hydrogen-bond acceptors (Lipinski definition) is 4. The topological polar surface area (TPSA) is 83.0 Å². The zero-order chi connectivity index (χ0) is 21.1. The van der Waals surface area contributed by atoms with Gasteiger partial charge < -0.3 is 15.4 Å². The quantitative estimate of drug-likeness (QED) is 0.265. The van der Waals surface area contributed by atoms with Gasteiger partial charge in [-0.1, -0.05) is 51.0 Å². The molecule has 1 aromatic rings. The van der Waals surface area contributed by atoms with E-state index in [9.17, 15) is 8.42 Å². The Bertz CT molecular complexity index is 748. The summed E-state index contributed by atoms with van der Waals surface area (Å²) in [5.74, 6) is 1.38. The van der Waals surface area contributed by atoms with Crippen molar-refractivity contribution in [2.75, 3.05) is 39.4 Å². The van der Waals surface area contributed by atoms with Gasteiger partial charge in [-0.2, -0.15) is 4.31 Å². The van der Waals surface area contributed by atoms with E-state index in [-0.39, 0.29) is 29.7 Å². The van der Waals surface area contributed by atoms with Crippen LogP contribution in [0.2, 0.25) is 0 Å². The number of halogens is 1. The fourth-order valence-electron chi connectivity index (χ4n) is 3.29. The van der Waals surface area contributed by atoms with Crippen LogP contribution in [0.4, 0.5) is 0 Å². The van der Waals surface area contributed by atoms with E-state index in [4.69, 9.17) is 9.73 Å². The summed E-state index contributed by atoms with van der Waals surface area (Å²) in [6.45, 7) is 10.3. The highest BCUT2D eigenvalue weighted by atomic mass is 127. The highest BCUT2D eigenvalue weighted by molar-refractivity contribution is 14.0. The third kappa shape index (κ3) is 8.68. The van der Waals surface area contributed by atoms with Crippen LogP contribution in [0, 0.1) is 5.92 Å². The second-order valence-corrected chi connectivity index (χ2v) is 9.26. The average Bonchev–Trinajstić information content (AvgIpc) is 2.74. The van der Waals surface area contributed by atoms with Gasteiger partial charge >= 0.3 is 0 Å². The van der Waals surface area contributed by atoms with E-state index >= 15 is 0 Å². The number of hydrogen-bond donors (Lipinski definition) is 2. The van der Waals surface area contributed by atoms with Crippen LogP contribution < -0.4 is 10.6 Å². The molecule has 0 bridgehead atoms. The van der Waals surface area contributed by atoms with Crippen molar-refractivity contribution in [2.24, 2.45) is 10.9 Å². The molecule has 0 unspecified atom stereocenters. The third-order valence-corrected chi connectivity index (χ3v) is 7.11. The van der Waals surface area contributed by atoms with Gasteiger partial charge in [-0.05, 0) is 24.0 Å². The molecular formula is C21H37IN4O3S. The van der Waals surface area contributed by atoms with Gasteiger partial charge in [0.25, 0.3) is 0 Å². The lowest BCUT2D eigenvalue weighted by Gasteiger charge is -2.26. The van der Waals surface area contributed by atoms with Gasteiger partial charge in [-0.3, -0.25) is 0 Å². The molecule has 1 aliphatic rings. The number of nitrogens with zero attached hydrogens (tertiary/aromatic N) is 2. The minimum atomic E-state index is -3.36. The Labute approximate surface area is 199 Å². The fraction of sp³-hybridized carbons (Fsp3) is 0.667. The van der Waals surface area contributed by atoms with Gasteiger partial charge in [0.15, 0.2) is 5.96 Å². The van der Waals surface area contributed by atoms with E-state index < -0.39 is 10.0 Å². The molecule has 0 amide bonds. The minimum absolute atomic E-state index is 0. The maximum Gasteiger partial charge on any atom is 0.218 e. The molecule has 0 aromatic heterocycles. The SMILES string of the molecule is CCNC(=NCc1ccccc1CS(=O)(=O)N1CCOCC1)NCC(CC)CC.I. The largest absolute Gasteiger partial charge is 0.379 e. The molecule has 1 aromatic carbocycles. The van der Waals surface area contributed by atoms with E-state index in [2.05, 4.69) is 24.5 Å². The number of morpholine rings is 1. The number of guanidine groups is 1. The van der Waals surface area contributed by atoms with Crippen LogP contribution in [-0.4, -0.2) is 58.1 Å². The molecule has 9 heteroatoms. The molecule has 0 spiro atoms. The second-order valence-electron chi connectivity index (χ2n) is 7.29. The molecule has 0 atom stereocenters. The van der Waals surface area contributed by atoms with Crippen molar-refractivity contribution in [1.29, 1.82) is 0 Å².